The van der Waals surface area contributed by atoms with Crippen LogP contribution in [0.1, 0.15) is 6.42 Å². The van der Waals surface area contributed by atoms with Gasteiger partial charge in [0.05, 0.1) is 0 Å². The lowest BCUT2D eigenvalue weighted by molar-refractivity contribution is 1.15. The van der Waals surface area contributed by atoms with E-state index in [4.69, 9.17) is 5.73 Å². The molecule has 0 aromatic carbocycles. The summed E-state index contributed by atoms with van der Waals surface area (Å²) in [5.74, 6) is 0.595. The van der Waals surface area contributed by atoms with E-state index in [0.717, 1.165) is 12.0 Å². The first-order chi connectivity index (χ1) is 3.79. The summed E-state index contributed by atoms with van der Waals surface area (Å²) in [4.78, 5) is 3.83. The monoisotopic (exact) mass is 108 g/mol. The molecule has 2 N–H and O–H groups in total. The predicted molar refractivity (Wildman–Crippen MR) is 34.5 cm³/mol. The first kappa shape index (κ1) is 5.09. The first-order valence-corrected chi connectivity index (χ1v) is 2.46. The van der Waals surface area contributed by atoms with E-state index in [-0.39, 0.29) is 0 Å². The van der Waals surface area contributed by atoms with Crippen LogP contribution in [0.5, 0.6) is 0 Å². The largest absolute Gasteiger partial charge is 0.384 e. The molecule has 2 nitrogen and oxygen atoms in total. The molecule has 8 heavy (non-hydrogen) atoms. The molecular formula is C6H8N2. The van der Waals surface area contributed by atoms with Crippen LogP contribution in [-0.4, -0.2) is 6.21 Å². The highest BCUT2D eigenvalue weighted by atomic mass is 14.9. The fourth-order valence-electron chi connectivity index (χ4n) is 0.507. The fraction of sp³-hybridized carbons (Fsp3) is 0.167. The van der Waals surface area contributed by atoms with Crippen LogP contribution in [0, 0.1) is 0 Å². The molecular weight excluding hydrogens is 100 g/mol. The van der Waals surface area contributed by atoms with Crippen molar-refractivity contribution >= 4 is 6.21 Å². The van der Waals surface area contributed by atoms with Crippen molar-refractivity contribution in [2.45, 2.75) is 6.42 Å². The third kappa shape index (κ3) is 0.964. The summed E-state index contributed by atoms with van der Waals surface area (Å²) in [6.07, 6.45) is 4.38. The molecule has 1 heterocycles. The minimum Gasteiger partial charge on any atom is -0.384 e. The molecule has 0 spiro atoms. The molecule has 1 aliphatic heterocycles. The summed E-state index contributed by atoms with van der Waals surface area (Å²) in [5, 5.41) is 0. The topological polar surface area (TPSA) is 38.4 Å². The van der Waals surface area contributed by atoms with Crippen molar-refractivity contribution in [3.8, 4) is 0 Å². The summed E-state index contributed by atoms with van der Waals surface area (Å²) >= 11 is 0. The maximum absolute atomic E-state index is 5.32. The predicted octanol–water partition coefficient (Wildman–Crippen LogP) is 0.817. The van der Waals surface area contributed by atoms with E-state index in [2.05, 4.69) is 11.6 Å². The Hall–Kier alpha value is -1.05. The molecule has 0 radical (unpaired) electrons. The van der Waals surface area contributed by atoms with Crippen molar-refractivity contribution in [2.24, 2.45) is 10.7 Å². The molecule has 0 bridgehead atoms. The maximum atomic E-state index is 5.32. The Kier molecular flexibility index (Phi) is 1.16. The van der Waals surface area contributed by atoms with Crippen molar-refractivity contribution in [3.05, 3.63) is 24.0 Å². The Labute approximate surface area is 48.4 Å². The minimum atomic E-state index is 0.595. The first-order valence-electron chi connectivity index (χ1n) is 2.46. The van der Waals surface area contributed by atoms with Gasteiger partial charge < -0.3 is 5.73 Å². The van der Waals surface area contributed by atoms with E-state index in [9.17, 15) is 0 Å². The molecule has 0 aromatic heterocycles. The number of nitrogens with two attached hydrogens (primary N) is 1. The van der Waals surface area contributed by atoms with Gasteiger partial charge in [0.25, 0.3) is 0 Å². The van der Waals surface area contributed by atoms with Crippen LogP contribution in [0.25, 0.3) is 0 Å². The molecule has 42 valence electrons. The van der Waals surface area contributed by atoms with Gasteiger partial charge in [-0.2, -0.15) is 0 Å². The second-order valence-electron chi connectivity index (χ2n) is 1.75. The molecule has 0 unspecified atom stereocenters. The van der Waals surface area contributed by atoms with Gasteiger partial charge >= 0.3 is 0 Å². The number of rotatable bonds is 0. The highest BCUT2D eigenvalue weighted by molar-refractivity contribution is 5.79. The van der Waals surface area contributed by atoms with Gasteiger partial charge in [0, 0.05) is 6.21 Å². The van der Waals surface area contributed by atoms with Crippen molar-refractivity contribution < 1.29 is 0 Å². The Morgan fingerprint density at radius 3 is 2.88 bits per heavy atom. The van der Waals surface area contributed by atoms with Crippen LogP contribution >= 0.6 is 0 Å². The van der Waals surface area contributed by atoms with Gasteiger partial charge in [-0.05, 0) is 18.1 Å². The highest BCUT2D eigenvalue weighted by Crippen LogP contribution is 2.04. The SMILES string of the molecule is C=C1C=NC(N)=CC1. The van der Waals surface area contributed by atoms with Gasteiger partial charge in [-0.15, -0.1) is 0 Å². The number of aliphatic imine (C=N–C) groups is 1. The average Bonchev–Trinajstić information content (AvgIpc) is 1.77. The van der Waals surface area contributed by atoms with Gasteiger partial charge in [-0.3, -0.25) is 0 Å². The van der Waals surface area contributed by atoms with Crippen molar-refractivity contribution in [3.63, 3.8) is 0 Å². The van der Waals surface area contributed by atoms with Crippen LogP contribution in [0.3, 0.4) is 0 Å². The van der Waals surface area contributed by atoms with Crippen LogP contribution in [-0.2, 0) is 0 Å². The Morgan fingerprint density at radius 2 is 2.50 bits per heavy atom. The maximum Gasteiger partial charge on any atom is 0.119 e. The standard InChI is InChI=1S/C6H8N2/c1-5-2-3-6(7)8-4-5/h3-4H,1-2,7H2. The van der Waals surface area contributed by atoms with Gasteiger partial charge in [0.15, 0.2) is 0 Å². The summed E-state index contributed by atoms with van der Waals surface area (Å²) in [6, 6.07) is 0. The molecule has 2 heteroatoms. The zero-order chi connectivity index (χ0) is 5.98. The van der Waals surface area contributed by atoms with Crippen molar-refractivity contribution in [2.75, 3.05) is 0 Å². The highest BCUT2D eigenvalue weighted by Gasteiger charge is 1.93. The third-order valence-electron chi connectivity index (χ3n) is 0.970. The van der Waals surface area contributed by atoms with E-state index in [1.165, 1.54) is 0 Å². The summed E-state index contributed by atoms with van der Waals surface area (Å²) in [6.45, 7) is 3.70. The normalized spacial score (nSPS) is 18.5. The van der Waals surface area contributed by atoms with E-state index in [0.29, 0.717) is 5.82 Å². The molecule has 0 fully saturated rings. The number of nitrogens with zero attached hydrogens (tertiary/aromatic N) is 1. The minimum absolute atomic E-state index is 0.595. The molecule has 0 aromatic rings. The lowest BCUT2D eigenvalue weighted by Crippen LogP contribution is -1.99. The van der Waals surface area contributed by atoms with Gasteiger partial charge in [0.2, 0.25) is 0 Å². The smallest absolute Gasteiger partial charge is 0.119 e. The Bertz CT molecular complexity index is 163. The lowest BCUT2D eigenvalue weighted by Gasteiger charge is -2.00. The second kappa shape index (κ2) is 1.82. The number of hydrogen-bond donors (Lipinski definition) is 1. The molecule has 0 saturated heterocycles. The Morgan fingerprint density at radius 1 is 1.75 bits per heavy atom. The van der Waals surface area contributed by atoms with Gasteiger partial charge in [-0.25, -0.2) is 4.99 Å². The molecule has 0 amide bonds. The van der Waals surface area contributed by atoms with Gasteiger partial charge in [0.1, 0.15) is 5.82 Å². The van der Waals surface area contributed by atoms with Crippen LogP contribution in [0.2, 0.25) is 0 Å². The summed E-state index contributed by atoms with van der Waals surface area (Å²) < 4.78 is 0. The summed E-state index contributed by atoms with van der Waals surface area (Å²) in [5.41, 5.74) is 6.33. The van der Waals surface area contributed by atoms with Crippen LogP contribution in [0.15, 0.2) is 29.0 Å². The van der Waals surface area contributed by atoms with E-state index in [1.54, 1.807) is 6.21 Å². The quantitative estimate of drug-likeness (QED) is 0.490. The summed E-state index contributed by atoms with van der Waals surface area (Å²) in [7, 11) is 0. The zero-order valence-corrected chi connectivity index (χ0v) is 4.59. The Balaban J connectivity index is 2.71. The zero-order valence-electron chi connectivity index (χ0n) is 4.59. The molecule has 0 aliphatic carbocycles. The van der Waals surface area contributed by atoms with Crippen LogP contribution in [0.4, 0.5) is 0 Å². The fourth-order valence-corrected chi connectivity index (χ4v) is 0.507. The molecule has 1 aliphatic rings. The second-order valence-corrected chi connectivity index (χ2v) is 1.75. The number of allylic oxidation sites excluding steroid dienone is 2. The van der Waals surface area contributed by atoms with E-state index < -0.39 is 0 Å². The molecule has 0 saturated carbocycles. The molecule has 0 atom stereocenters. The third-order valence-corrected chi connectivity index (χ3v) is 0.970. The average molecular weight is 108 g/mol. The van der Waals surface area contributed by atoms with Crippen LogP contribution < -0.4 is 5.73 Å². The van der Waals surface area contributed by atoms with Gasteiger partial charge in [-0.1, -0.05) is 6.58 Å². The van der Waals surface area contributed by atoms with E-state index >= 15 is 0 Å². The molecule has 1 rings (SSSR count). The van der Waals surface area contributed by atoms with Crippen molar-refractivity contribution in [1.82, 2.24) is 0 Å². The van der Waals surface area contributed by atoms with E-state index in [1.807, 2.05) is 6.08 Å². The lowest BCUT2D eigenvalue weighted by atomic mass is 10.2. The number of hydrogen-bond acceptors (Lipinski definition) is 2. The van der Waals surface area contributed by atoms with Crippen molar-refractivity contribution in [1.29, 1.82) is 0 Å².